The zero-order valence-electron chi connectivity index (χ0n) is 9.02. The van der Waals surface area contributed by atoms with Crippen molar-refractivity contribution in [3.8, 4) is 5.75 Å². The maximum Gasteiger partial charge on any atom is 0.139 e. The first-order chi connectivity index (χ1) is 7.25. The molecule has 0 spiro atoms. The molecule has 2 rings (SSSR count). The van der Waals surface area contributed by atoms with Crippen LogP contribution in [0.4, 0.5) is 5.69 Å². The number of nitrogens with zero attached hydrogens (tertiary/aromatic N) is 2. The molecule has 4 heteroatoms. The van der Waals surface area contributed by atoms with E-state index in [9.17, 15) is 0 Å². The van der Waals surface area contributed by atoms with Gasteiger partial charge in [-0.1, -0.05) is 0 Å². The molecular weight excluding hydrogens is 190 g/mol. The molecule has 1 aromatic heterocycles. The van der Waals surface area contributed by atoms with E-state index in [0.717, 1.165) is 18.3 Å². The highest BCUT2D eigenvalue weighted by atomic mass is 16.5. The van der Waals surface area contributed by atoms with Crippen LogP contribution in [0.1, 0.15) is 12.8 Å². The number of hydrogen-bond donors (Lipinski definition) is 1. The molecule has 1 saturated carbocycles. The van der Waals surface area contributed by atoms with Crippen molar-refractivity contribution in [2.24, 2.45) is 0 Å². The normalized spacial score (nSPS) is 15.6. The van der Waals surface area contributed by atoms with Crippen molar-refractivity contribution in [1.29, 1.82) is 0 Å². The monoisotopic (exact) mass is 207 g/mol. The molecule has 0 atom stereocenters. The van der Waals surface area contributed by atoms with Gasteiger partial charge in [0.15, 0.2) is 0 Å². The molecule has 0 aliphatic heterocycles. The van der Waals surface area contributed by atoms with E-state index >= 15 is 0 Å². The second-order valence-electron chi connectivity index (χ2n) is 4.01. The minimum atomic E-state index is 0.642. The van der Waals surface area contributed by atoms with E-state index in [0.29, 0.717) is 12.3 Å². The maximum atomic E-state index is 5.60. The Morgan fingerprint density at radius 1 is 1.53 bits per heavy atom. The first-order valence-electron chi connectivity index (χ1n) is 5.29. The van der Waals surface area contributed by atoms with Gasteiger partial charge in [-0.25, -0.2) is 0 Å². The van der Waals surface area contributed by atoms with Crippen molar-refractivity contribution in [2.75, 3.05) is 25.9 Å². The average molecular weight is 207 g/mol. The number of hydrogen-bond acceptors (Lipinski definition) is 4. The molecule has 15 heavy (non-hydrogen) atoms. The lowest BCUT2D eigenvalue weighted by Crippen LogP contribution is -2.26. The Balaban J connectivity index is 1.73. The van der Waals surface area contributed by atoms with Gasteiger partial charge in [0.2, 0.25) is 0 Å². The molecule has 82 valence electrons. The fraction of sp³-hybridized carbons (Fsp3) is 0.545. The predicted molar refractivity (Wildman–Crippen MR) is 59.8 cm³/mol. The van der Waals surface area contributed by atoms with Crippen LogP contribution in [0.3, 0.4) is 0 Å². The summed E-state index contributed by atoms with van der Waals surface area (Å²) in [6.45, 7) is 1.65. The molecule has 0 unspecified atom stereocenters. The number of nitrogens with two attached hydrogens (primary N) is 1. The number of nitrogen functional groups attached to an aromatic ring is 1. The number of anilines is 1. The molecule has 0 amide bonds. The molecule has 4 nitrogen and oxygen atoms in total. The van der Waals surface area contributed by atoms with Crippen LogP contribution < -0.4 is 10.5 Å². The summed E-state index contributed by atoms with van der Waals surface area (Å²) in [6.07, 6.45) is 5.96. The van der Waals surface area contributed by atoms with E-state index in [2.05, 4.69) is 16.9 Å². The van der Waals surface area contributed by atoms with Crippen molar-refractivity contribution >= 4 is 5.69 Å². The minimum Gasteiger partial charge on any atom is -0.491 e. The SMILES string of the molecule is CN(CCOc1cncc(N)c1)C1CC1. The van der Waals surface area contributed by atoms with Gasteiger partial charge in [0.25, 0.3) is 0 Å². The molecule has 0 aromatic carbocycles. The first-order valence-corrected chi connectivity index (χ1v) is 5.29. The van der Waals surface area contributed by atoms with Gasteiger partial charge in [-0.3, -0.25) is 4.98 Å². The summed E-state index contributed by atoms with van der Waals surface area (Å²) in [6, 6.07) is 2.58. The van der Waals surface area contributed by atoms with Crippen LogP contribution in [-0.2, 0) is 0 Å². The number of pyridine rings is 1. The van der Waals surface area contributed by atoms with E-state index in [1.165, 1.54) is 12.8 Å². The average Bonchev–Trinajstić information content (AvgIpc) is 3.00. The summed E-state index contributed by atoms with van der Waals surface area (Å²) in [7, 11) is 2.14. The Bertz CT molecular complexity index is 325. The van der Waals surface area contributed by atoms with Gasteiger partial charge in [-0.2, -0.15) is 0 Å². The summed E-state index contributed by atoms with van der Waals surface area (Å²) >= 11 is 0. The molecule has 1 heterocycles. The van der Waals surface area contributed by atoms with Crippen LogP contribution in [0.5, 0.6) is 5.75 Å². The second-order valence-corrected chi connectivity index (χ2v) is 4.01. The zero-order chi connectivity index (χ0) is 10.7. The van der Waals surface area contributed by atoms with Crippen molar-refractivity contribution in [3.05, 3.63) is 18.5 Å². The van der Waals surface area contributed by atoms with E-state index < -0.39 is 0 Å². The largest absolute Gasteiger partial charge is 0.491 e. The lowest BCUT2D eigenvalue weighted by molar-refractivity contribution is 0.231. The first kappa shape index (κ1) is 10.2. The van der Waals surface area contributed by atoms with Gasteiger partial charge in [-0.05, 0) is 19.9 Å². The number of ether oxygens (including phenoxy) is 1. The summed E-state index contributed by atoms with van der Waals surface area (Å²) in [4.78, 5) is 6.30. The maximum absolute atomic E-state index is 5.60. The zero-order valence-corrected chi connectivity index (χ0v) is 9.02. The van der Waals surface area contributed by atoms with Crippen molar-refractivity contribution in [2.45, 2.75) is 18.9 Å². The highest BCUT2D eigenvalue weighted by Gasteiger charge is 2.25. The van der Waals surface area contributed by atoms with Gasteiger partial charge in [-0.15, -0.1) is 0 Å². The lowest BCUT2D eigenvalue weighted by atomic mass is 10.4. The molecule has 1 fully saturated rings. The Morgan fingerprint density at radius 2 is 2.33 bits per heavy atom. The molecule has 2 N–H and O–H groups in total. The molecular formula is C11H17N3O. The molecule has 1 aromatic rings. The third kappa shape index (κ3) is 3.09. The van der Waals surface area contributed by atoms with Crippen LogP contribution in [0.25, 0.3) is 0 Å². The third-order valence-electron chi connectivity index (χ3n) is 2.62. The third-order valence-corrected chi connectivity index (χ3v) is 2.62. The highest BCUT2D eigenvalue weighted by molar-refractivity contribution is 5.39. The predicted octanol–water partition coefficient (Wildman–Crippen LogP) is 1.14. The van der Waals surface area contributed by atoms with E-state index in [1.54, 1.807) is 18.5 Å². The van der Waals surface area contributed by atoms with Crippen molar-refractivity contribution in [3.63, 3.8) is 0 Å². The quantitative estimate of drug-likeness (QED) is 0.786. The van der Waals surface area contributed by atoms with E-state index in [4.69, 9.17) is 10.5 Å². The number of aromatic nitrogens is 1. The summed E-state index contributed by atoms with van der Waals surface area (Å²) in [5.74, 6) is 0.749. The lowest BCUT2D eigenvalue weighted by Gasteiger charge is -2.15. The molecule has 0 bridgehead atoms. The molecule has 0 saturated heterocycles. The van der Waals surface area contributed by atoms with Gasteiger partial charge in [0, 0.05) is 18.7 Å². The van der Waals surface area contributed by atoms with Crippen LogP contribution in [0, 0.1) is 0 Å². The Kier molecular flexibility index (Phi) is 3.06. The van der Waals surface area contributed by atoms with Crippen LogP contribution >= 0.6 is 0 Å². The number of rotatable bonds is 5. The summed E-state index contributed by atoms with van der Waals surface area (Å²) < 4.78 is 5.55. The highest BCUT2D eigenvalue weighted by Crippen LogP contribution is 2.24. The minimum absolute atomic E-state index is 0.642. The summed E-state index contributed by atoms with van der Waals surface area (Å²) in [5.41, 5.74) is 6.24. The standard InChI is InChI=1S/C11H17N3O/c1-14(10-2-3-10)4-5-15-11-6-9(12)7-13-8-11/h6-8,10H,2-5,12H2,1H3. The second kappa shape index (κ2) is 4.49. The fourth-order valence-electron chi connectivity index (χ4n) is 1.52. The van der Waals surface area contributed by atoms with Gasteiger partial charge >= 0.3 is 0 Å². The van der Waals surface area contributed by atoms with E-state index in [1.807, 2.05) is 0 Å². The topological polar surface area (TPSA) is 51.4 Å². The van der Waals surface area contributed by atoms with Gasteiger partial charge < -0.3 is 15.4 Å². The van der Waals surface area contributed by atoms with Crippen molar-refractivity contribution in [1.82, 2.24) is 9.88 Å². The van der Waals surface area contributed by atoms with Gasteiger partial charge in [0.05, 0.1) is 18.1 Å². The smallest absolute Gasteiger partial charge is 0.139 e. The van der Waals surface area contributed by atoms with Crippen molar-refractivity contribution < 1.29 is 4.74 Å². The Labute approximate surface area is 90.0 Å². The molecule has 1 aliphatic carbocycles. The fourth-order valence-corrected chi connectivity index (χ4v) is 1.52. The van der Waals surface area contributed by atoms with E-state index in [-0.39, 0.29) is 0 Å². The van der Waals surface area contributed by atoms with Gasteiger partial charge in [0.1, 0.15) is 12.4 Å². The van der Waals surface area contributed by atoms with Crippen LogP contribution in [0.15, 0.2) is 18.5 Å². The molecule has 1 aliphatic rings. The Morgan fingerprint density at radius 3 is 3.00 bits per heavy atom. The number of likely N-dealkylation sites (N-methyl/N-ethyl adjacent to an activating group) is 1. The van der Waals surface area contributed by atoms with Crippen LogP contribution in [-0.4, -0.2) is 36.1 Å². The summed E-state index contributed by atoms with van der Waals surface area (Å²) in [5, 5.41) is 0. The molecule has 0 radical (unpaired) electrons. The van der Waals surface area contributed by atoms with Crippen LogP contribution in [0.2, 0.25) is 0 Å². The Hall–Kier alpha value is -1.29.